The van der Waals surface area contributed by atoms with Crippen LogP contribution < -0.4 is 4.74 Å². The van der Waals surface area contributed by atoms with E-state index in [1.165, 1.54) is 0 Å². The third-order valence-corrected chi connectivity index (χ3v) is 5.18. The molecular formula is C15H17O5PS. The second kappa shape index (κ2) is 6.75. The number of thiophene rings is 1. The molecule has 118 valence electrons. The molecule has 7 heteroatoms. The van der Waals surface area contributed by atoms with Gasteiger partial charge in [0, 0.05) is 11.3 Å². The van der Waals surface area contributed by atoms with Crippen LogP contribution in [0.15, 0.2) is 30.3 Å². The fourth-order valence-electron chi connectivity index (χ4n) is 2.05. The molecule has 0 amide bonds. The van der Waals surface area contributed by atoms with Crippen LogP contribution in [0.1, 0.15) is 32.6 Å². The lowest BCUT2D eigenvalue weighted by atomic mass is 10.1. The Hall–Kier alpha value is -1.46. The molecular weight excluding hydrogens is 323 g/mol. The molecule has 1 aromatic carbocycles. The largest absolute Gasteiger partial charge is 0.494 e. The fourth-order valence-corrected chi connectivity index (χ4v) is 4.03. The minimum atomic E-state index is -4.73. The van der Waals surface area contributed by atoms with Crippen LogP contribution in [0.25, 0.3) is 0 Å². The normalized spacial score (nSPS) is 11.5. The second-order valence-electron chi connectivity index (χ2n) is 4.83. The molecule has 0 radical (unpaired) electrons. The molecule has 0 aliphatic rings. The van der Waals surface area contributed by atoms with E-state index in [0.29, 0.717) is 18.6 Å². The van der Waals surface area contributed by atoms with Crippen molar-refractivity contribution >= 4 is 24.5 Å². The highest BCUT2D eigenvalue weighted by atomic mass is 32.1. The standard InChI is InChI=1S/C15H17O5PS/c1-3-20-12-6-4-11(5-7-12)9-13-8-10(2)14(22-13)15(16)21(17,18)19/h4-8H,3,9H2,1-2H3,(H2,17,18,19). The first-order valence-electron chi connectivity index (χ1n) is 6.72. The van der Waals surface area contributed by atoms with Gasteiger partial charge in [-0.15, -0.1) is 11.3 Å². The summed E-state index contributed by atoms with van der Waals surface area (Å²) in [4.78, 5) is 30.7. The molecule has 5 nitrogen and oxygen atoms in total. The van der Waals surface area contributed by atoms with Crippen molar-refractivity contribution in [1.29, 1.82) is 0 Å². The van der Waals surface area contributed by atoms with Crippen LogP contribution >= 0.6 is 18.9 Å². The molecule has 0 aliphatic heterocycles. The van der Waals surface area contributed by atoms with Crippen molar-refractivity contribution in [3.63, 3.8) is 0 Å². The molecule has 0 spiro atoms. The predicted molar refractivity (Wildman–Crippen MR) is 85.8 cm³/mol. The molecule has 0 bridgehead atoms. The molecule has 2 N–H and O–H groups in total. The van der Waals surface area contributed by atoms with Crippen LogP contribution in [0.4, 0.5) is 0 Å². The third-order valence-electron chi connectivity index (χ3n) is 3.04. The van der Waals surface area contributed by atoms with Crippen LogP contribution in [0.5, 0.6) is 5.75 Å². The van der Waals surface area contributed by atoms with E-state index in [9.17, 15) is 9.36 Å². The quantitative estimate of drug-likeness (QED) is 0.788. The number of hydrogen-bond acceptors (Lipinski definition) is 4. The first-order valence-corrected chi connectivity index (χ1v) is 9.15. The highest BCUT2D eigenvalue weighted by Gasteiger charge is 2.30. The summed E-state index contributed by atoms with van der Waals surface area (Å²) < 4.78 is 16.5. The van der Waals surface area contributed by atoms with E-state index in [2.05, 4.69) is 0 Å². The molecule has 0 fully saturated rings. The Kier molecular flexibility index (Phi) is 5.19. The molecule has 2 rings (SSSR count). The summed E-state index contributed by atoms with van der Waals surface area (Å²) in [6.07, 6.45) is 0.604. The zero-order valence-corrected chi connectivity index (χ0v) is 14.0. The van der Waals surface area contributed by atoms with Gasteiger partial charge in [-0.3, -0.25) is 9.36 Å². The number of carbonyl (C=O) groups excluding carboxylic acids is 1. The topological polar surface area (TPSA) is 83.8 Å². The number of hydrogen-bond donors (Lipinski definition) is 2. The second-order valence-corrected chi connectivity index (χ2v) is 7.46. The average molecular weight is 340 g/mol. The van der Waals surface area contributed by atoms with Gasteiger partial charge < -0.3 is 14.5 Å². The monoisotopic (exact) mass is 340 g/mol. The summed E-state index contributed by atoms with van der Waals surface area (Å²) >= 11 is 1.13. The molecule has 0 unspecified atom stereocenters. The van der Waals surface area contributed by atoms with Crippen molar-refractivity contribution in [3.05, 3.63) is 51.2 Å². The Morgan fingerprint density at radius 2 is 1.91 bits per heavy atom. The van der Waals surface area contributed by atoms with Gasteiger partial charge in [-0.2, -0.15) is 0 Å². The van der Waals surface area contributed by atoms with Gasteiger partial charge in [0.1, 0.15) is 5.75 Å². The Balaban J connectivity index is 2.17. The summed E-state index contributed by atoms with van der Waals surface area (Å²) in [5.41, 5.74) is 0.534. The van der Waals surface area contributed by atoms with Gasteiger partial charge in [-0.05, 0) is 43.2 Å². The third kappa shape index (κ3) is 4.05. The van der Waals surface area contributed by atoms with E-state index in [4.69, 9.17) is 14.5 Å². The van der Waals surface area contributed by atoms with Crippen molar-refractivity contribution < 1.29 is 23.9 Å². The highest BCUT2D eigenvalue weighted by Crippen LogP contribution is 2.42. The van der Waals surface area contributed by atoms with Crippen molar-refractivity contribution in [2.24, 2.45) is 0 Å². The highest BCUT2D eigenvalue weighted by molar-refractivity contribution is 7.71. The summed E-state index contributed by atoms with van der Waals surface area (Å²) in [6, 6.07) is 9.42. The maximum Gasteiger partial charge on any atom is 0.397 e. The molecule has 1 heterocycles. The Morgan fingerprint density at radius 1 is 1.27 bits per heavy atom. The Labute approximate surface area is 132 Å². The van der Waals surface area contributed by atoms with E-state index >= 15 is 0 Å². The maximum atomic E-state index is 11.7. The number of carbonyl (C=O) groups is 1. The number of rotatable bonds is 6. The van der Waals surface area contributed by atoms with Crippen molar-refractivity contribution in [2.45, 2.75) is 20.3 Å². The van der Waals surface area contributed by atoms with Gasteiger partial charge in [0.2, 0.25) is 0 Å². The van der Waals surface area contributed by atoms with Crippen LogP contribution in [0, 0.1) is 6.92 Å². The Bertz CT molecular complexity index is 714. The number of ether oxygens (including phenoxy) is 1. The van der Waals surface area contributed by atoms with Crippen molar-refractivity contribution in [1.82, 2.24) is 0 Å². The minimum absolute atomic E-state index is 0.134. The van der Waals surface area contributed by atoms with Gasteiger partial charge in [0.05, 0.1) is 11.5 Å². The summed E-state index contributed by atoms with van der Waals surface area (Å²) in [7, 11) is -4.73. The molecule has 0 saturated heterocycles. The van der Waals surface area contributed by atoms with E-state index < -0.39 is 13.1 Å². The van der Waals surface area contributed by atoms with Gasteiger partial charge >= 0.3 is 7.60 Å². The Morgan fingerprint density at radius 3 is 2.45 bits per heavy atom. The van der Waals surface area contributed by atoms with E-state index in [0.717, 1.165) is 27.5 Å². The molecule has 0 saturated carbocycles. The fraction of sp³-hybridized carbons (Fsp3) is 0.267. The van der Waals surface area contributed by atoms with Gasteiger partial charge in [-0.25, -0.2) is 0 Å². The molecule has 0 aliphatic carbocycles. The molecule has 2 aromatic rings. The lowest BCUT2D eigenvalue weighted by Crippen LogP contribution is -1.98. The molecule has 1 aromatic heterocycles. The molecule has 22 heavy (non-hydrogen) atoms. The number of aryl methyl sites for hydroxylation is 1. The minimum Gasteiger partial charge on any atom is -0.494 e. The van der Waals surface area contributed by atoms with Crippen LogP contribution in [0.3, 0.4) is 0 Å². The summed E-state index contributed by atoms with van der Waals surface area (Å²) in [5, 5.41) is 0. The lowest BCUT2D eigenvalue weighted by molar-refractivity contribution is 0.104. The van der Waals surface area contributed by atoms with Crippen LogP contribution in [0.2, 0.25) is 0 Å². The van der Waals surface area contributed by atoms with Gasteiger partial charge in [0.25, 0.3) is 5.52 Å². The van der Waals surface area contributed by atoms with Crippen LogP contribution in [-0.4, -0.2) is 21.9 Å². The van der Waals surface area contributed by atoms with Crippen molar-refractivity contribution in [3.8, 4) is 5.75 Å². The first-order chi connectivity index (χ1) is 10.3. The smallest absolute Gasteiger partial charge is 0.397 e. The molecule has 0 atom stereocenters. The summed E-state index contributed by atoms with van der Waals surface area (Å²) in [5.74, 6) is 0.797. The van der Waals surface area contributed by atoms with Crippen LogP contribution in [-0.2, 0) is 11.0 Å². The first kappa shape index (κ1) is 16.9. The lowest BCUT2D eigenvalue weighted by Gasteiger charge is -2.04. The zero-order valence-electron chi connectivity index (χ0n) is 12.3. The van der Waals surface area contributed by atoms with Gasteiger partial charge in [0.15, 0.2) is 0 Å². The average Bonchev–Trinajstić information content (AvgIpc) is 2.80. The van der Waals surface area contributed by atoms with Crippen molar-refractivity contribution in [2.75, 3.05) is 6.61 Å². The summed E-state index contributed by atoms with van der Waals surface area (Å²) in [6.45, 7) is 4.21. The van der Waals surface area contributed by atoms with Gasteiger partial charge in [-0.1, -0.05) is 12.1 Å². The van der Waals surface area contributed by atoms with E-state index in [1.807, 2.05) is 31.2 Å². The van der Waals surface area contributed by atoms with E-state index in [1.54, 1.807) is 13.0 Å². The predicted octanol–water partition coefficient (Wildman–Crippen LogP) is 3.36. The SMILES string of the molecule is CCOc1ccc(Cc2cc(C)c(C(=O)P(=O)(O)O)s2)cc1. The van der Waals surface area contributed by atoms with E-state index in [-0.39, 0.29) is 4.88 Å². The number of benzene rings is 1. The zero-order chi connectivity index (χ0) is 16.3. The maximum absolute atomic E-state index is 11.7.